The largest absolute Gasteiger partial charge is 0.480 e. The fourth-order valence-electron chi connectivity index (χ4n) is 2.42. The maximum atomic E-state index is 14.1. The average Bonchev–Trinajstić information content (AvgIpc) is 2.96. The number of ether oxygens (including phenoxy) is 2. The van der Waals surface area contributed by atoms with Gasteiger partial charge in [-0.25, -0.2) is 9.18 Å². The molecule has 2 aromatic rings. The number of benzene rings is 2. The van der Waals surface area contributed by atoms with Crippen LogP contribution in [0.4, 0.5) is 9.18 Å². The number of nitrogens with two attached hydrogens (primary N) is 1. The number of carbonyl (C=O) groups excluding carboxylic acids is 2. The molecule has 1 saturated heterocycles. The van der Waals surface area contributed by atoms with E-state index in [2.05, 4.69) is 0 Å². The third-order valence-electron chi connectivity index (χ3n) is 3.84. The van der Waals surface area contributed by atoms with Crippen molar-refractivity contribution in [3.63, 3.8) is 0 Å². The van der Waals surface area contributed by atoms with E-state index in [0.717, 1.165) is 6.07 Å². The summed E-state index contributed by atoms with van der Waals surface area (Å²) in [7, 11) is 0. The van der Waals surface area contributed by atoms with Gasteiger partial charge in [0.25, 0.3) is 5.91 Å². The van der Waals surface area contributed by atoms with Crippen LogP contribution in [0.1, 0.15) is 11.1 Å². The predicted molar refractivity (Wildman–Crippen MR) is 94.8 cm³/mol. The number of hydrogen-bond donors (Lipinski definition) is 3. The van der Waals surface area contributed by atoms with E-state index < -0.39 is 29.8 Å². The molecule has 3 rings (SSSR count). The van der Waals surface area contributed by atoms with Crippen molar-refractivity contribution in [2.75, 3.05) is 0 Å². The van der Waals surface area contributed by atoms with Gasteiger partial charge in [-0.05, 0) is 35.4 Å². The van der Waals surface area contributed by atoms with Gasteiger partial charge in [0.1, 0.15) is 23.4 Å². The van der Waals surface area contributed by atoms with Crippen LogP contribution in [-0.4, -0.2) is 29.1 Å². The maximum Gasteiger partial charge on any atom is 0.419 e. The molecule has 1 unspecified atom stereocenters. The first kappa shape index (κ1) is 19.1. The number of halogens is 1. The molecular formula is C19H15FN2O6. The van der Waals surface area contributed by atoms with E-state index in [9.17, 15) is 18.8 Å². The molecule has 9 heteroatoms. The quantitative estimate of drug-likeness (QED) is 0.649. The van der Waals surface area contributed by atoms with Gasteiger partial charge in [-0.1, -0.05) is 18.2 Å². The highest BCUT2D eigenvalue weighted by molar-refractivity contribution is 6.09. The van der Waals surface area contributed by atoms with E-state index >= 15 is 0 Å². The number of imide groups is 1. The number of aliphatic carboxylic acids is 1. The second kappa shape index (κ2) is 7.89. The molecule has 1 aliphatic rings. The summed E-state index contributed by atoms with van der Waals surface area (Å²) in [4.78, 5) is 33.2. The summed E-state index contributed by atoms with van der Waals surface area (Å²) < 4.78 is 24.4. The summed E-state index contributed by atoms with van der Waals surface area (Å²) in [5.41, 5.74) is 6.18. The smallest absolute Gasteiger partial charge is 0.419 e. The molecule has 2 aromatic carbocycles. The molecule has 0 radical (unpaired) electrons. The third-order valence-corrected chi connectivity index (χ3v) is 3.84. The van der Waals surface area contributed by atoms with Crippen molar-refractivity contribution in [2.45, 2.75) is 12.5 Å². The van der Waals surface area contributed by atoms with Crippen LogP contribution in [0.3, 0.4) is 0 Å². The lowest BCUT2D eigenvalue weighted by molar-refractivity contribution is -0.138. The molecule has 8 nitrogen and oxygen atoms in total. The SMILES string of the molecule is NC(Cc1ccc(Oc2ccc(/C=C3/OC(=O)NC3=O)cc2)cc1F)C(=O)O. The molecule has 28 heavy (non-hydrogen) atoms. The summed E-state index contributed by atoms with van der Waals surface area (Å²) in [5, 5.41) is 10.8. The van der Waals surface area contributed by atoms with E-state index in [1.807, 2.05) is 5.32 Å². The number of rotatable bonds is 6. The lowest BCUT2D eigenvalue weighted by Crippen LogP contribution is -2.32. The van der Waals surface area contributed by atoms with Crippen molar-refractivity contribution in [2.24, 2.45) is 5.73 Å². The van der Waals surface area contributed by atoms with Gasteiger partial charge in [-0.3, -0.25) is 14.9 Å². The summed E-state index contributed by atoms with van der Waals surface area (Å²) in [6.07, 6.45) is 0.429. The van der Waals surface area contributed by atoms with Crippen LogP contribution in [0.2, 0.25) is 0 Å². The fraction of sp³-hybridized carbons (Fsp3) is 0.105. The van der Waals surface area contributed by atoms with Gasteiger partial charge in [0.15, 0.2) is 5.76 Å². The second-order valence-corrected chi connectivity index (χ2v) is 5.93. The molecule has 0 aromatic heterocycles. The van der Waals surface area contributed by atoms with E-state index in [0.29, 0.717) is 11.3 Å². The van der Waals surface area contributed by atoms with E-state index in [-0.39, 0.29) is 23.5 Å². The monoisotopic (exact) mass is 386 g/mol. The molecule has 1 aliphatic heterocycles. The van der Waals surface area contributed by atoms with Crippen LogP contribution in [0.25, 0.3) is 6.08 Å². The molecule has 4 N–H and O–H groups in total. The van der Waals surface area contributed by atoms with Crippen molar-refractivity contribution < 1.29 is 33.4 Å². The molecule has 2 amide bonds. The number of cyclic esters (lactones) is 1. The molecule has 144 valence electrons. The Morgan fingerprint density at radius 1 is 1.21 bits per heavy atom. The highest BCUT2D eigenvalue weighted by Gasteiger charge is 2.25. The van der Waals surface area contributed by atoms with E-state index in [1.165, 1.54) is 18.2 Å². The van der Waals surface area contributed by atoms with Gasteiger partial charge < -0.3 is 20.3 Å². The molecular weight excluding hydrogens is 371 g/mol. The number of nitrogens with one attached hydrogen (secondary N) is 1. The van der Waals surface area contributed by atoms with Gasteiger partial charge in [0, 0.05) is 12.5 Å². The number of carboxylic acid groups (broad SMARTS) is 1. The Morgan fingerprint density at radius 2 is 1.89 bits per heavy atom. The average molecular weight is 386 g/mol. The Hall–Kier alpha value is -3.72. The Bertz CT molecular complexity index is 971. The van der Waals surface area contributed by atoms with Crippen molar-refractivity contribution in [1.29, 1.82) is 0 Å². The number of amides is 2. The van der Waals surface area contributed by atoms with Gasteiger partial charge in [-0.2, -0.15) is 0 Å². The Balaban J connectivity index is 1.68. The highest BCUT2D eigenvalue weighted by Crippen LogP contribution is 2.25. The number of hydrogen-bond acceptors (Lipinski definition) is 6. The topological polar surface area (TPSA) is 128 Å². The van der Waals surface area contributed by atoms with Gasteiger partial charge in [0.2, 0.25) is 0 Å². The second-order valence-electron chi connectivity index (χ2n) is 5.93. The van der Waals surface area contributed by atoms with E-state index in [1.54, 1.807) is 24.3 Å². The third kappa shape index (κ3) is 4.51. The number of carbonyl (C=O) groups is 3. The van der Waals surface area contributed by atoms with Gasteiger partial charge in [-0.15, -0.1) is 0 Å². The predicted octanol–water partition coefficient (Wildman–Crippen LogP) is 2.18. The molecule has 0 aliphatic carbocycles. The van der Waals surface area contributed by atoms with Crippen LogP contribution >= 0.6 is 0 Å². The van der Waals surface area contributed by atoms with Crippen LogP contribution < -0.4 is 15.8 Å². The zero-order valence-corrected chi connectivity index (χ0v) is 14.3. The minimum Gasteiger partial charge on any atom is -0.480 e. The maximum absolute atomic E-state index is 14.1. The van der Waals surface area contributed by atoms with Crippen LogP contribution in [0.15, 0.2) is 48.2 Å². The van der Waals surface area contributed by atoms with E-state index in [4.69, 9.17) is 20.3 Å². The van der Waals surface area contributed by atoms with Gasteiger partial charge >= 0.3 is 12.1 Å². The zero-order chi connectivity index (χ0) is 20.3. The minimum absolute atomic E-state index is 0.115. The van der Waals surface area contributed by atoms with Crippen molar-refractivity contribution in [1.82, 2.24) is 5.32 Å². The standard InChI is InChI=1S/C19H15FN2O6/c20-14-9-13(6-3-11(14)8-15(21)18(24)25)27-12-4-1-10(2-5-12)7-16-17(23)22-19(26)28-16/h1-7,9,15H,8,21H2,(H,24,25)(H,22,23,26)/b16-7+. The Kier molecular flexibility index (Phi) is 5.37. The molecule has 0 bridgehead atoms. The Morgan fingerprint density at radius 3 is 2.46 bits per heavy atom. The molecule has 1 atom stereocenters. The minimum atomic E-state index is -1.21. The molecule has 1 fully saturated rings. The molecule has 0 spiro atoms. The van der Waals surface area contributed by atoms with Crippen molar-refractivity contribution in [3.8, 4) is 11.5 Å². The normalized spacial score (nSPS) is 15.9. The van der Waals surface area contributed by atoms with Crippen molar-refractivity contribution in [3.05, 3.63) is 65.2 Å². The van der Waals surface area contributed by atoms with Gasteiger partial charge in [0.05, 0.1) is 0 Å². The Labute approximate surface area is 158 Å². The number of alkyl carbamates (subject to hydrolysis) is 1. The lowest BCUT2D eigenvalue weighted by atomic mass is 10.1. The summed E-state index contributed by atoms with van der Waals surface area (Å²) >= 11 is 0. The summed E-state index contributed by atoms with van der Waals surface area (Å²) in [6.45, 7) is 0. The first-order valence-electron chi connectivity index (χ1n) is 8.11. The molecule has 1 heterocycles. The van der Waals surface area contributed by atoms with Crippen molar-refractivity contribution >= 4 is 24.0 Å². The molecule has 0 saturated carbocycles. The fourth-order valence-corrected chi connectivity index (χ4v) is 2.42. The van der Waals surface area contributed by atoms with Crippen LogP contribution in [-0.2, 0) is 20.7 Å². The van der Waals surface area contributed by atoms with Crippen LogP contribution in [0, 0.1) is 5.82 Å². The number of carboxylic acids is 1. The summed E-state index contributed by atoms with van der Waals surface area (Å²) in [5.74, 6) is -1.94. The van der Waals surface area contributed by atoms with Crippen LogP contribution in [0.5, 0.6) is 11.5 Å². The first-order valence-corrected chi connectivity index (χ1v) is 8.11. The zero-order valence-electron chi connectivity index (χ0n) is 14.3. The highest BCUT2D eigenvalue weighted by atomic mass is 19.1. The first-order chi connectivity index (χ1) is 13.3. The summed E-state index contributed by atoms with van der Waals surface area (Å²) in [6, 6.07) is 9.30. The lowest BCUT2D eigenvalue weighted by Gasteiger charge is -2.10.